The predicted molar refractivity (Wildman–Crippen MR) is 82.3 cm³/mol. The molecule has 0 aliphatic carbocycles. The molecule has 0 bridgehead atoms. The quantitative estimate of drug-likeness (QED) is 0.627. The smallest absolute Gasteiger partial charge is 0.257 e. The summed E-state index contributed by atoms with van der Waals surface area (Å²) in [6, 6.07) is 5.10. The van der Waals surface area contributed by atoms with Gasteiger partial charge in [-0.1, -0.05) is 0 Å². The maximum absolute atomic E-state index is 12.4. The Balaban J connectivity index is 2.98. The minimum atomic E-state index is -0.147. The standard InChI is InChI=1S/C13H17ClINO2/c1-9(2)16(7-3-6-14)13(18)11-8-10(15)4-5-12(11)17/h4-5,8-9,17H,3,6-7H2,1-2H3. The van der Waals surface area contributed by atoms with Crippen molar-refractivity contribution >= 4 is 40.1 Å². The molecule has 1 aromatic rings. The molecule has 100 valence electrons. The number of hydrogen-bond acceptors (Lipinski definition) is 2. The molecule has 0 aliphatic heterocycles. The van der Waals surface area contributed by atoms with E-state index in [1.165, 1.54) is 0 Å². The topological polar surface area (TPSA) is 40.5 Å². The number of aromatic hydroxyl groups is 1. The van der Waals surface area contributed by atoms with Crippen LogP contribution < -0.4 is 0 Å². The molecular formula is C13H17ClINO2. The Morgan fingerprint density at radius 2 is 2.17 bits per heavy atom. The molecule has 18 heavy (non-hydrogen) atoms. The largest absolute Gasteiger partial charge is 0.507 e. The van der Waals surface area contributed by atoms with Crippen molar-refractivity contribution in [3.63, 3.8) is 0 Å². The van der Waals surface area contributed by atoms with Crippen LogP contribution in [0.25, 0.3) is 0 Å². The van der Waals surface area contributed by atoms with Crippen LogP contribution in [0.2, 0.25) is 0 Å². The van der Waals surface area contributed by atoms with E-state index in [1.807, 2.05) is 13.8 Å². The third kappa shape index (κ3) is 4.02. The highest BCUT2D eigenvalue weighted by molar-refractivity contribution is 14.1. The van der Waals surface area contributed by atoms with Gasteiger partial charge in [-0.25, -0.2) is 0 Å². The lowest BCUT2D eigenvalue weighted by atomic mass is 10.1. The van der Waals surface area contributed by atoms with Crippen LogP contribution in [0.4, 0.5) is 0 Å². The summed E-state index contributed by atoms with van der Waals surface area (Å²) in [6.07, 6.45) is 0.746. The van der Waals surface area contributed by atoms with Gasteiger partial charge >= 0.3 is 0 Å². The molecule has 1 amide bonds. The Morgan fingerprint density at radius 3 is 2.72 bits per heavy atom. The monoisotopic (exact) mass is 381 g/mol. The first-order valence-corrected chi connectivity index (χ1v) is 7.44. The van der Waals surface area contributed by atoms with Crippen molar-refractivity contribution in [2.24, 2.45) is 0 Å². The molecule has 3 nitrogen and oxygen atoms in total. The number of hydrogen-bond donors (Lipinski definition) is 1. The fourth-order valence-corrected chi connectivity index (χ4v) is 2.27. The molecule has 0 fully saturated rings. The lowest BCUT2D eigenvalue weighted by Crippen LogP contribution is -2.38. The van der Waals surface area contributed by atoms with Crippen molar-refractivity contribution in [2.75, 3.05) is 12.4 Å². The van der Waals surface area contributed by atoms with E-state index in [0.29, 0.717) is 18.0 Å². The first-order valence-electron chi connectivity index (χ1n) is 5.82. The summed E-state index contributed by atoms with van der Waals surface area (Å²) >= 11 is 7.79. The van der Waals surface area contributed by atoms with Crippen molar-refractivity contribution in [3.8, 4) is 5.75 Å². The zero-order chi connectivity index (χ0) is 13.7. The summed E-state index contributed by atoms with van der Waals surface area (Å²) in [5.41, 5.74) is 0.352. The van der Waals surface area contributed by atoms with Crippen LogP contribution in [0.1, 0.15) is 30.6 Å². The minimum Gasteiger partial charge on any atom is -0.507 e. The molecule has 0 saturated heterocycles. The number of carbonyl (C=O) groups excluding carboxylic acids is 1. The second kappa shape index (κ2) is 7.19. The van der Waals surface area contributed by atoms with Crippen LogP contribution in [-0.4, -0.2) is 34.4 Å². The number of carbonyl (C=O) groups is 1. The minimum absolute atomic E-state index is 0.0249. The number of phenolic OH excluding ortho intramolecular Hbond substituents is 1. The number of benzene rings is 1. The summed E-state index contributed by atoms with van der Waals surface area (Å²) < 4.78 is 0.926. The molecule has 1 N–H and O–H groups in total. The fraction of sp³-hybridized carbons (Fsp3) is 0.462. The van der Waals surface area contributed by atoms with E-state index in [-0.39, 0.29) is 17.7 Å². The average molecular weight is 382 g/mol. The van der Waals surface area contributed by atoms with E-state index in [0.717, 1.165) is 9.99 Å². The molecule has 0 heterocycles. The molecular weight excluding hydrogens is 365 g/mol. The Hall–Kier alpha value is -0.490. The second-order valence-electron chi connectivity index (χ2n) is 4.30. The number of alkyl halides is 1. The maximum atomic E-state index is 12.4. The Bertz CT molecular complexity index is 423. The van der Waals surface area contributed by atoms with Crippen LogP contribution in [0.3, 0.4) is 0 Å². The van der Waals surface area contributed by atoms with Crippen LogP contribution >= 0.6 is 34.2 Å². The van der Waals surface area contributed by atoms with Gasteiger partial charge in [-0.05, 0) is 61.1 Å². The third-order valence-corrected chi connectivity index (χ3v) is 3.54. The van der Waals surface area contributed by atoms with Crippen LogP contribution in [-0.2, 0) is 0 Å². The van der Waals surface area contributed by atoms with E-state index in [9.17, 15) is 9.90 Å². The summed E-state index contributed by atoms with van der Waals surface area (Å²) in [6.45, 7) is 4.51. The summed E-state index contributed by atoms with van der Waals surface area (Å²) in [7, 11) is 0. The van der Waals surface area contributed by atoms with E-state index in [2.05, 4.69) is 22.6 Å². The lowest BCUT2D eigenvalue weighted by Gasteiger charge is -2.27. The van der Waals surface area contributed by atoms with Crippen LogP contribution in [0.15, 0.2) is 18.2 Å². The number of rotatable bonds is 5. The van der Waals surface area contributed by atoms with Gasteiger partial charge in [0.2, 0.25) is 0 Å². The molecule has 0 aromatic heterocycles. The number of nitrogens with zero attached hydrogens (tertiary/aromatic N) is 1. The Kier molecular flexibility index (Phi) is 6.21. The molecule has 1 rings (SSSR count). The van der Waals surface area contributed by atoms with Crippen molar-refractivity contribution in [3.05, 3.63) is 27.3 Å². The van der Waals surface area contributed by atoms with Crippen molar-refractivity contribution < 1.29 is 9.90 Å². The van der Waals surface area contributed by atoms with Crippen molar-refractivity contribution in [1.82, 2.24) is 4.90 Å². The fourth-order valence-electron chi connectivity index (χ4n) is 1.66. The second-order valence-corrected chi connectivity index (χ2v) is 5.92. The highest BCUT2D eigenvalue weighted by atomic mass is 127. The van der Waals surface area contributed by atoms with Crippen LogP contribution in [0.5, 0.6) is 5.75 Å². The highest BCUT2D eigenvalue weighted by Gasteiger charge is 2.21. The zero-order valence-electron chi connectivity index (χ0n) is 10.5. The molecule has 1 aromatic carbocycles. The number of halogens is 2. The Morgan fingerprint density at radius 1 is 1.50 bits per heavy atom. The lowest BCUT2D eigenvalue weighted by molar-refractivity contribution is 0.0703. The molecule has 0 unspecified atom stereocenters. The van der Waals surface area contributed by atoms with Gasteiger partial charge in [-0.2, -0.15) is 0 Å². The average Bonchev–Trinajstić information content (AvgIpc) is 2.32. The van der Waals surface area contributed by atoms with Gasteiger partial charge < -0.3 is 10.0 Å². The van der Waals surface area contributed by atoms with Crippen LogP contribution in [0, 0.1) is 3.57 Å². The van der Waals surface area contributed by atoms with Gasteiger partial charge in [0.05, 0.1) is 5.56 Å². The number of amides is 1. The maximum Gasteiger partial charge on any atom is 0.257 e. The summed E-state index contributed by atoms with van der Waals surface area (Å²) in [5, 5.41) is 9.78. The zero-order valence-corrected chi connectivity index (χ0v) is 13.4. The predicted octanol–water partition coefficient (Wildman–Crippen LogP) is 3.48. The first kappa shape index (κ1) is 15.6. The van der Waals surface area contributed by atoms with Gasteiger partial charge in [-0.3, -0.25) is 4.79 Å². The SMILES string of the molecule is CC(C)N(CCCCl)C(=O)c1cc(I)ccc1O. The van der Waals surface area contributed by atoms with Gasteiger partial charge in [0.1, 0.15) is 5.75 Å². The molecule has 0 atom stereocenters. The number of phenols is 1. The first-order chi connectivity index (χ1) is 8.47. The van der Waals surface area contributed by atoms with E-state index in [4.69, 9.17) is 11.6 Å². The molecule has 0 aliphatic rings. The van der Waals surface area contributed by atoms with Gasteiger partial charge in [0.15, 0.2) is 0 Å². The molecule has 5 heteroatoms. The molecule has 0 saturated carbocycles. The van der Waals surface area contributed by atoms with E-state index in [1.54, 1.807) is 23.1 Å². The Labute approximate surface area is 126 Å². The summed E-state index contributed by atoms with van der Waals surface area (Å²) in [5.74, 6) is 0.400. The van der Waals surface area contributed by atoms with Crippen molar-refractivity contribution in [1.29, 1.82) is 0 Å². The third-order valence-electron chi connectivity index (χ3n) is 2.61. The van der Waals surface area contributed by atoms with Gasteiger partial charge in [-0.15, -0.1) is 11.6 Å². The molecule has 0 spiro atoms. The van der Waals surface area contributed by atoms with E-state index >= 15 is 0 Å². The highest BCUT2D eigenvalue weighted by Crippen LogP contribution is 2.22. The molecule has 0 radical (unpaired) electrons. The normalized spacial score (nSPS) is 10.7. The van der Waals surface area contributed by atoms with Gasteiger partial charge in [0, 0.05) is 22.0 Å². The van der Waals surface area contributed by atoms with Gasteiger partial charge in [0.25, 0.3) is 5.91 Å². The summed E-state index contributed by atoms with van der Waals surface area (Å²) in [4.78, 5) is 14.1. The van der Waals surface area contributed by atoms with Crippen molar-refractivity contribution in [2.45, 2.75) is 26.3 Å². The van der Waals surface area contributed by atoms with E-state index < -0.39 is 0 Å².